The van der Waals surface area contributed by atoms with Gasteiger partial charge in [-0.05, 0) is 37.1 Å². The van der Waals surface area contributed by atoms with Gasteiger partial charge in [0.05, 0.1) is 12.1 Å². The van der Waals surface area contributed by atoms with E-state index in [-0.39, 0.29) is 5.41 Å². The molecular formula is C20H22N4O. The van der Waals surface area contributed by atoms with Gasteiger partial charge in [0, 0.05) is 24.4 Å². The summed E-state index contributed by atoms with van der Waals surface area (Å²) in [5, 5.41) is 8.38. The van der Waals surface area contributed by atoms with Crippen LogP contribution < -0.4 is 0 Å². The van der Waals surface area contributed by atoms with Crippen molar-refractivity contribution in [1.82, 2.24) is 20.1 Å². The summed E-state index contributed by atoms with van der Waals surface area (Å²) < 4.78 is 5.84. The first-order chi connectivity index (χ1) is 12.2. The van der Waals surface area contributed by atoms with E-state index in [2.05, 4.69) is 57.3 Å². The monoisotopic (exact) mass is 334 g/mol. The SMILES string of the molecule is C[C@]1(c2ccccc2)CCCN(Cc2nnc(-c3cccnc3)o2)C1. The van der Waals surface area contributed by atoms with Gasteiger partial charge < -0.3 is 4.42 Å². The zero-order valence-corrected chi connectivity index (χ0v) is 14.4. The molecule has 1 aliphatic rings. The number of piperidine rings is 1. The van der Waals surface area contributed by atoms with Crippen molar-refractivity contribution in [1.29, 1.82) is 0 Å². The van der Waals surface area contributed by atoms with Crippen LogP contribution in [-0.4, -0.2) is 33.2 Å². The molecule has 25 heavy (non-hydrogen) atoms. The average molecular weight is 334 g/mol. The molecule has 2 aromatic heterocycles. The molecule has 128 valence electrons. The Hall–Kier alpha value is -2.53. The van der Waals surface area contributed by atoms with Crippen molar-refractivity contribution in [3.05, 3.63) is 66.3 Å². The first-order valence-electron chi connectivity index (χ1n) is 8.74. The van der Waals surface area contributed by atoms with Crippen LogP contribution in [0.5, 0.6) is 0 Å². The zero-order valence-electron chi connectivity index (χ0n) is 14.4. The van der Waals surface area contributed by atoms with Crippen molar-refractivity contribution in [2.75, 3.05) is 13.1 Å². The molecule has 1 fully saturated rings. The van der Waals surface area contributed by atoms with Crippen molar-refractivity contribution in [3.63, 3.8) is 0 Å². The predicted octanol–water partition coefficient (Wildman–Crippen LogP) is 3.69. The van der Waals surface area contributed by atoms with Gasteiger partial charge in [-0.15, -0.1) is 10.2 Å². The van der Waals surface area contributed by atoms with Crippen LogP contribution in [0.2, 0.25) is 0 Å². The highest BCUT2D eigenvalue weighted by Crippen LogP contribution is 2.34. The third kappa shape index (κ3) is 3.46. The molecule has 0 N–H and O–H groups in total. The Kier molecular flexibility index (Phi) is 4.32. The molecule has 1 atom stereocenters. The molecule has 1 saturated heterocycles. The van der Waals surface area contributed by atoms with Gasteiger partial charge in [0.2, 0.25) is 11.8 Å². The highest BCUT2D eigenvalue weighted by Gasteiger charge is 2.33. The van der Waals surface area contributed by atoms with Gasteiger partial charge in [0.15, 0.2) is 0 Å². The molecule has 3 aromatic rings. The maximum Gasteiger partial charge on any atom is 0.249 e. The minimum absolute atomic E-state index is 0.172. The van der Waals surface area contributed by atoms with E-state index in [1.54, 1.807) is 12.4 Å². The lowest BCUT2D eigenvalue weighted by atomic mass is 9.76. The second-order valence-electron chi connectivity index (χ2n) is 6.98. The molecule has 0 aliphatic carbocycles. The highest BCUT2D eigenvalue weighted by molar-refractivity contribution is 5.49. The van der Waals surface area contributed by atoms with Crippen LogP contribution in [0, 0.1) is 0 Å². The average Bonchev–Trinajstić information content (AvgIpc) is 3.12. The Morgan fingerprint density at radius 3 is 2.80 bits per heavy atom. The third-order valence-corrected chi connectivity index (χ3v) is 4.98. The number of aromatic nitrogens is 3. The van der Waals surface area contributed by atoms with Gasteiger partial charge in [-0.25, -0.2) is 0 Å². The first kappa shape index (κ1) is 16.0. The maximum absolute atomic E-state index is 5.84. The summed E-state index contributed by atoms with van der Waals surface area (Å²) in [6.07, 6.45) is 5.86. The first-order valence-corrected chi connectivity index (χ1v) is 8.74. The maximum atomic E-state index is 5.84. The lowest BCUT2D eigenvalue weighted by Crippen LogP contribution is -2.43. The van der Waals surface area contributed by atoms with Crippen LogP contribution in [0.1, 0.15) is 31.2 Å². The number of likely N-dealkylation sites (tertiary alicyclic amines) is 1. The van der Waals surface area contributed by atoms with Gasteiger partial charge in [-0.2, -0.15) is 0 Å². The normalized spacial score (nSPS) is 21.3. The van der Waals surface area contributed by atoms with E-state index in [9.17, 15) is 0 Å². The number of nitrogens with zero attached hydrogens (tertiary/aromatic N) is 4. The van der Waals surface area contributed by atoms with E-state index in [0.29, 0.717) is 18.3 Å². The lowest BCUT2D eigenvalue weighted by molar-refractivity contribution is 0.139. The quantitative estimate of drug-likeness (QED) is 0.728. The van der Waals surface area contributed by atoms with Gasteiger partial charge in [-0.1, -0.05) is 37.3 Å². The molecule has 0 bridgehead atoms. The second kappa shape index (κ2) is 6.76. The number of benzene rings is 1. The van der Waals surface area contributed by atoms with Gasteiger partial charge in [-0.3, -0.25) is 9.88 Å². The van der Waals surface area contributed by atoms with Crippen molar-refractivity contribution in [3.8, 4) is 11.5 Å². The lowest BCUT2D eigenvalue weighted by Gasteiger charge is -2.40. The van der Waals surface area contributed by atoms with Crippen molar-refractivity contribution < 1.29 is 4.42 Å². The largest absolute Gasteiger partial charge is 0.419 e. The van der Waals surface area contributed by atoms with E-state index < -0.39 is 0 Å². The topological polar surface area (TPSA) is 55.1 Å². The van der Waals surface area contributed by atoms with Gasteiger partial charge >= 0.3 is 0 Å². The Morgan fingerprint density at radius 1 is 1.12 bits per heavy atom. The van der Waals surface area contributed by atoms with Crippen molar-refractivity contribution in [2.45, 2.75) is 31.7 Å². The minimum Gasteiger partial charge on any atom is -0.419 e. The fourth-order valence-corrected chi connectivity index (χ4v) is 3.67. The Morgan fingerprint density at radius 2 is 2.00 bits per heavy atom. The van der Waals surface area contributed by atoms with Gasteiger partial charge in [0.1, 0.15) is 0 Å². The van der Waals surface area contributed by atoms with Crippen LogP contribution in [0.4, 0.5) is 0 Å². The van der Waals surface area contributed by atoms with Crippen molar-refractivity contribution >= 4 is 0 Å². The third-order valence-electron chi connectivity index (χ3n) is 4.98. The van der Waals surface area contributed by atoms with Crippen LogP contribution in [-0.2, 0) is 12.0 Å². The van der Waals surface area contributed by atoms with E-state index >= 15 is 0 Å². The summed E-state index contributed by atoms with van der Waals surface area (Å²) in [6.45, 7) is 5.10. The Labute approximate surface area is 147 Å². The number of pyridine rings is 1. The Bertz CT molecular complexity index is 818. The fraction of sp³-hybridized carbons (Fsp3) is 0.350. The van der Waals surface area contributed by atoms with Crippen LogP contribution in [0.25, 0.3) is 11.5 Å². The van der Waals surface area contributed by atoms with Crippen molar-refractivity contribution in [2.24, 2.45) is 0 Å². The van der Waals surface area contributed by atoms with E-state index in [1.165, 1.54) is 18.4 Å². The predicted molar refractivity (Wildman–Crippen MR) is 95.8 cm³/mol. The van der Waals surface area contributed by atoms with Crippen LogP contribution >= 0.6 is 0 Å². The molecular weight excluding hydrogens is 312 g/mol. The molecule has 5 nitrogen and oxygen atoms in total. The molecule has 1 aliphatic heterocycles. The Balaban J connectivity index is 1.47. The van der Waals surface area contributed by atoms with Gasteiger partial charge in [0.25, 0.3) is 0 Å². The molecule has 3 heterocycles. The fourth-order valence-electron chi connectivity index (χ4n) is 3.67. The number of hydrogen-bond acceptors (Lipinski definition) is 5. The van der Waals surface area contributed by atoms with E-state index in [1.807, 2.05) is 12.1 Å². The van der Waals surface area contributed by atoms with Crippen LogP contribution in [0.15, 0.2) is 59.3 Å². The summed E-state index contributed by atoms with van der Waals surface area (Å²) in [5.74, 6) is 1.20. The smallest absolute Gasteiger partial charge is 0.249 e. The molecule has 4 rings (SSSR count). The molecule has 1 aromatic carbocycles. The molecule has 0 radical (unpaired) electrons. The van der Waals surface area contributed by atoms with E-state index in [4.69, 9.17) is 4.42 Å². The summed E-state index contributed by atoms with van der Waals surface area (Å²) in [4.78, 5) is 6.51. The highest BCUT2D eigenvalue weighted by atomic mass is 16.4. The molecule has 0 amide bonds. The molecule has 5 heteroatoms. The molecule has 0 saturated carbocycles. The summed E-state index contributed by atoms with van der Waals surface area (Å²) in [6, 6.07) is 14.6. The summed E-state index contributed by atoms with van der Waals surface area (Å²) in [5.41, 5.74) is 2.43. The number of hydrogen-bond donors (Lipinski definition) is 0. The zero-order chi connectivity index (χ0) is 17.1. The molecule has 0 spiro atoms. The second-order valence-corrected chi connectivity index (χ2v) is 6.98. The van der Waals surface area contributed by atoms with Crippen LogP contribution in [0.3, 0.4) is 0 Å². The summed E-state index contributed by atoms with van der Waals surface area (Å²) >= 11 is 0. The standard InChI is InChI=1S/C20H22N4O/c1-20(17-8-3-2-4-9-17)10-6-12-24(15-20)14-18-22-23-19(25-18)16-7-5-11-21-13-16/h2-5,7-9,11,13H,6,10,12,14-15H2,1H3/t20-/m0/s1. The summed E-state index contributed by atoms with van der Waals surface area (Å²) in [7, 11) is 0. The minimum atomic E-state index is 0.172. The molecule has 0 unspecified atom stereocenters. The van der Waals surface area contributed by atoms with E-state index in [0.717, 1.165) is 18.7 Å². The number of rotatable bonds is 4.